The van der Waals surface area contributed by atoms with Crippen LogP contribution in [0.1, 0.15) is 25.2 Å². The van der Waals surface area contributed by atoms with Gasteiger partial charge in [0.1, 0.15) is 23.2 Å². The van der Waals surface area contributed by atoms with E-state index in [9.17, 15) is 0 Å². The van der Waals surface area contributed by atoms with Crippen LogP contribution in [0.4, 0.5) is 51.6 Å². The first-order chi connectivity index (χ1) is 30.5. The van der Waals surface area contributed by atoms with Gasteiger partial charge in [0.05, 0.1) is 5.69 Å². The number of para-hydroxylation sites is 6. The predicted molar refractivity (Wildman–Crippen MR) is 254 cm³/mol. The van der Waals surface area contributed by atoms with Crippen LogP contribution >= 0.6 is 0 Å². The van der Waals surface area contributed by atoms with Crippen LogP contribution in [0.5, 0.6) is 11.6 Å². The van der Waals surface area contributed by atoms with E-state index in [0.717, 1.165) is 85.1 Å². The number of hydrogen-bond acceptors (Lipinski definition) is 7. The molecule has 0 N–H and O–H groups in total. The standard InChI is InChI=1S/C54H41BN6O/c1-54(2)51-44(33-35-47(56-51)59(38-21-9-3-10-22-38)39-23-11-4-12-24-39)55-45-34-36-48(60(40-25-13-5-14-26-40)41-27-15-6-16-28-41)58-53(45)62-46-37-49(57-52(54)50(46)55)61(42-29-17-7-18-30-42)43-31-19-8-20-32-43/h3-37H,1-2H3. The molecule has 0 atom stereocenters. The van der Waals surface area contributed by atoms with Crippen LogP contribution in [-0.2, 0) is 5.41 Å². The lowest BCUT2D eigenvalue weighted by atomic mass is 9.32. The molecule has 5 heterocycles. The number of nitrogens with zero attached hydrogens (tertiary/aromatic N) is 6. The Morgan fingerprint density at radius 2 is 0.742 bits per heavy atom. The fraction of sp³-hybridized carbons (Fsp3) is 0.0556. The lowest BCUT2D eigenvalue weighted by molar-refractivity contribution is 0.464. The Morgan fingerprint density at radius 3 is 1.16 bits per heavy atom. The number of benzene rings is 6. The van der Waals surface area contributed by atoms with Gasteiger partial charge in [0.2, 0.25) is 5.88 Å². The maximum atomic E-state index is 7.10. The number of rotatable bonds is 9. The van der Waals surface area contributed by atoms with E-state index in [4.69, 9.17) is 19.7 Å². The summed E-state index contributed by atoms with van der Waals surface area (Å²) in [5.74, 6) is 3.60. The number of hydrogen-bond donors (Lipinski definition) is 0. The van der Waals surface area contributed by atoms with E-state index in [0.29, 0.717) is 5.88 Å². The number of ether oxygens (including phenoxy) is 1. The molecule has 2 aliphatic rings. The van der Waals surface area contributed by atoms with E-state index < -0.39 is 5.41 Å². The molecule has 6 aromatic carbocycles. The van der Waals surface area contributed by atoms with E-state index in [2.05, 4.69) is 204 Å². The average molecular weight is 801 g/mol. The van der Waals surface area contributed by atoms with Gasteiger partial charge in [-0.2, -0.15) is 4.98 Å². The molecule has 0 saturated heterocycles. The number of aromatic nitrogens is 3. The smallest absolute Gasteiger partial charge is 0.257 e. The molecule has 296 valence electrons. The van der Waals surface area contributed by atoms with Crippen molar-refractivity contribution in [3.8, 4) is 11.6 Å². The van der Waals surface area contributed by atoms with Gasteiger partial charge in [0.25, 0.3) is 6.71 Å². The first-order valence-corrected chi connectivity index (χ1v) is 21.0. The third-order valence-corrected chi connectivity index (χ3v) is 11.9. The molecule has 3 aromatic heterocycles. The summed E-state index contributed by atoms with van der Waals surface area (Å²) in [6.07, 6.45) is 0. The molecule has 11 rings (SSSR count). The van der Waals surface area contributed by atoms with E-state index in [-0.39, 0.29) is 6.71 Å². The number of pyridine rings is 3. The highest BCUT2D eigenvalue weighted by atomic mass is 16.5. The highest BCUT2D eigenvalue weighted by Crippen LogP contribution is 2.44. The van der Waals surface area contributed by atoms with Crippen LogP contribution < -0.4 is 35.8 Å². The maximum absolute atomic E-state index is 7.10. The molecule has 2 aliphatic heterocycles. The van der Waals surface area contributed by atoms with Crippen molar-refractivity contribution in [3.63, 3.8) is 0 Å². The largest absolute Gasteiger partial charge is 0.440 e. The van der Waals surface area contributed by atoms with Gasteiger partial charge in [0, 0.05) is 51.3 Å². The lowest BCUT2D eigenvalue weighted by Gasteiger charge is -2.41. The van der Waals surface area contributed by atoms with Gasteiger partial charge in [-0.1, -0.05) is 121 Å². The third kappa shape index (κ3) is 6.36. The van der Waals surface area contributed by atoms with E-state index in [1.165, 1.54) is 0 Å². The summed E-state index contributed by atoms with van der Waals surface area (Å²) in [5.41, 5.74) is 10.4. The quantitative estimate of drug-likeness (QED) is 0.135. The number of fused-ring (bicyclic) bond motifs is 4. The van der Waals surface area contributed by atoms with Crippen molar-refractivity contribution in [2.24, 2.45) is 0 Å². The average Bonchev–Trinajstić information content (AvgIpc) is 3.32. The van der Waals surface area contributed by atoms with Crippen LogP contribution in [0.15, 0.2) is 212 Å². The van der Waals surface area contributed by atoms with Gasteiger partial charge in [-0.3, -0.25) is 14.7 Å². The van der Waals surface area contributed by atoms with Gasteiger partial charge >= 0.3 is 0 Å². The zero-order chi connectivity index (χ0) is 41.6. The van der Waals surface area contributed by atoms with E-state index in [1.54, 1.807) is 0 Å². The third-order valence-electron chi connectivity index (χ3n) is 11.9. The summed E-state index contributed by atoms with van der Waals surface area (Å²) in [7, 11) is 0. The molecule has 0 bridgehead atoms. The molecule has 7 nitrogen and oxygen atoms in total. The van der Waals surface area contributed by atoms with Crippen molar-refractivity contribution in [1.82, 2.24) is 15.0 Å². The van der Waals surface area contributed by atoms with Gasteiger partial charge in [-0.05, 0) is 115 Å². The molecule has 0 spiro atoms. The monoisotopic (exact) mass is 800 g/mol. The molecule has 0 radical (unpaired) electrons. The van der Waals surface area contributed by atoms with E-state index >= 15 is 0 Å². The van der Waals surface area contributed by atoms with Crippen molar-refractivity contribution in [3.05, 3.63) is 224 Å². The molecule has 62 heavy (non-hydrogen) atoms. The second kappa shape index (κ2) is 15.3. The van der Waals surface area contributed by atoms with Gasteiger partial charge in [0.15, 0.2) is 0 Å². The zero-order valence-corrected chi connectivity index (χ0v) is 34.4. The lowest BCUT2D eigenvalue weighted by Crippen LogP contribution is -2.63. The second-order valence-electron chi connectivity index (χ2n) is 16.1. The van der Waals surface area contributed by atoms with Gasteiger partial charge in [-0.25, -0.2) is 9.97 Å². The fourth-order valence-corrected chi connectivity index (χ4v) is 9.06. The van der Waals surface area contributed by atoms with Crippen molar-refractivity contribution < 1.29 is 4.74 Å². The zero-order valence-electron chi connectivity index (χ0n) is 34.4. The highest BCUT2D eigenvalue weighted by molar-refractivity contribution is 6.97. The second-order valence-corrected chi connectivity index (χ2v) is 16.1. The summed E-state index contributed by atoms with van der Waals surface area (Å²) in [4.78, 5) is 23.3. The van der Waals surface area contributed by atoms with Crippen LogP contribution in [0, 0.1) is 0 Å². The van der Waals surface area contributed by atoms with Crippen LogP contribution in [0.25, 0.3) is 0 Å². The minimum absolute atomic E-state index is 0.234. The minimum atomic E-state index is -0.633. The Kier molecular flexibility index (Phi) is 9.12. The summed E-state index contributed by atoms with van der Waals surface area (Å²) in [6.45, 7) is 4.25. The predicted octanol–water partition coefficient (Wildman–Crippen LogP) is 11.5. The molecule has 0 unspecified atom stereocenters. The topological polar surface area (TPSA) is 57.6 Å². The van der Waals surface area contributed by atoms with Crippen LogP contribution in [0.2, 0.25) is 0 Å². The molecule has 0 amide bonds. The summed E-state index contributed by atoms with van der Waals surface area (Å²) < 4.78 is 7.10. The normalized spacial score (nSPS) is 12.9. The van der Waals surface area contributed by atoms with Crippen molar-refractivity contribution in [2.75, 3.05) is 14.7 Å². The van der Waals surface area contributed by atoms with Crippen molar-refractivity contribution in [1.29, 1.82) is 0 Å². The molecule has 0 fully saturated rings. The Labute approximate surface area is 362 Å². The molecular formula is C54H41BN6O. The minimum Gasteiger partial charge on any atom is -0.440 e. The van der Waals surface area contributed by atoms with E-state index in [1.807, 2.05) is 36.4 Å². The summed E-state index contributed by atoms with van der Waals surface area (Å²) in [5, 5.41) is 0. The first-order valence-electron chi connectivity index (χ1n) is 21.0. The first kappa shape index (κ1) is 37.1. The Hall–Kier alpha value is -7.97. The maximum Gasteiger partial charge on any atom is 0.257 e. The molecule has 9 aromatic rings. The van der Waals surface area contributed by atoms with Crippen molar-refractivity contribution >= 4 is 74.7 Å². The molecule has 0 aliphatic carbocycles. The van der Waals surface area contributed by atoms with Crippen LogP contribution in [-0.4, -0.2) is 21.7 Å². The van der Waals surface area contributed by atoms with Gasteiger partial charge in [-0.15, -0.1) is 0 Å². The Bertz CT molecular complexity index is 2910. The Morgan fingerprint density at radius 1 is 0.387 bits per heavy atom. The molecule has 8 heteroatoms. The van der Waals surface area contributed by atoms with Crippen LogP contribution in [0.3, 0.4) is 0 Å². The molecule has 0 saturated carbocycles. The Balaban J connectivity index is 1.14. The highest BCUT2D eigenvalue weighted by Gasteiger charge is 2.48. The molecular weight excluding hydrogens is 759 g/mol. The van der Waals surface area contributed by atoms with Crippen molar-refractivity contribution in [2.45, 2.75) is 19.3 Å². The number of anilines is 9. The summed E-state index contributed by atoms with van der Waals surface area (Å²) >= 11 is 0. The fourth-order valence-electron chi connectivity index (χ4n) is 9.06. The van der Waals surface area contributed by atoms with Gasteiger partial charge < -0.3 is 4.74 Å². The SMILES string of the molecule is CC1(C)c2nc(N(c3ccccc3)c3ccccc3)ccc2B2c3ccc(N(c4ccccc4)c4ccccc4)nc3Oc3cc(N(c4ccccc4)c4ccccc4)nc1c32. The summed E-state index contributed by atoms with van der Waals surface area (Å²) in [6, 6.07) is 73.1.